The normalized spacial score (nSPS) is 12.9. The predicted molar refractivity (Wildman–Crippen MR) is 172 cm³/mol. The Morgan fingerprint density at radius 3 is 1.64 bits per heavy atom. The van der Waals surface area contributed by atoms with E-state index in [1.54, 1.807) is 0 Å². The molecule has 4 aromatic rings. The van der Waals surface area contributed by atoms with Gasteiger partial charge in [-0.3, -0.25) is 9.97 Å². The quantitative estimate of drug-likeness (QED) is 0.157. The van der Waals surface area contributed by atoms with E-state index >= 15 is 0 Å². The molecule has 6 heteroatoms. The SMILES string of the molecule is CCCCCCc1ccc(-c2nc(C3=CC=C(c4ccccc4)NC3)nc(-c3ccc(CCCCCC)cn3)n2)nc1. The van der Waals surface area contributed by atoms with Gasteiger partial charge in [-0.1, -0.05) is 101 Å². The van der Waals surface area contributed by atoms with Gasteiger partial charge in [0.05, 0.1) is 0 Å². The molecule has 0 atom stereocenters. The maximum atomic E-state index is 4.89. The molecule has 0 aliphatic carbocycles. The molecule has 42 heavy (non-hydrogen) atoms. The first-order valence-electron chi connectivity index (χ1n) is 15.6. The van der Waals surface area contributed by atoms with Crippen molar-refractivity contribution in [3.63, 3.8) is 0 Å². The van der Waals surface area contributed by atoms with Gasteiger partial charge in [0.2, 0.25) is 0 Å². The van der Waals surface area contributed by atoms with E-state index in [9.17, 15) is 0 Å². The van der Waals surface area contributed by atoms with Crippen molar-refractivity contribution in [1.82, 2.24) is 30.2 Å². The van der Waals surface area contributed by atoms with Crippen LogP contribution >= 0.6 is 0 Å². The Hall–Kier alpha value is -4.19. The zero-order valence-electron chi connectivity index (χ0n) is 25.0. The lowest BCUT2D eigenvalue weighted by molar-refractivity contribution is 0.666. The van der Waals surface area contributed by atoms with Gasteiger partial charge in [0.1, 0.15) is 11.4 Å². The standard InChI is InChI=1S/C36H42N6/c1-3-5-7-10-14-27-18-21-32(37-24-27)35-40-34(30-20-23-31(39-26-30)29-16-12-9-13-17-29)41-36(42-35)33-22-19-28(25-38-33)15-11-8-6-4-2/h9,12-13,16-25,39H,3-8,10-11,14-15,26H2,1-2H3. The molecule has 6 nitrogen and oxygen atoms in total. The molecule has 0 bridgehead atoms. The summed E-state index contributed by atoms with van der Waals surface area (Å²) in [6.45, 7) is 5.10. The molecule has 1 aromatic carbocycles. The van der Waals surface area contributed by atoms with Gasteiger partial charge >= 0.3 is 0 Å². The van der Waals surface area contributed by atoms with Gasteiger partial charge < -0.3 is 5.32 Å². The largest absolute Gasteiger partial charge is 0.380 e. The molecule has 5 rings (SSSR count). The van der Waals surface area contributed by atoms with Crippen molar-refractivity contribution in [3.05, 3.63) is 102 Å². The van der Waals surface area contributed by atoms with E-state index in [4.69, 9.17) is 24.9 Å². The lowest BCUT2D eigenvalue weighted by Gasteiger charge is -2.17. The van der Waals surface area contributed by atoms with Crippen molar-refractivity contribution >= 4 is 11.3 Å². The first kappa shape index (κ1) is 29.3. The molecule has 0 amide bonds. The zero-order chi connectivity index (χ0) is 29.0. The molecular weight excluding hydrogens is 516 g/mol. The van der Waals surface area contributed by atoms with Gasteiger partial charge in [-0.2, -0.15) is 0 Å². The zero-order valence-corrected chi connectivity index (χ0v) is 25.0. The van der Waals surface area contributed by atoms with Gasteiger partial charge in [-0.25, -0.2) is 15.0 Å². The number of dihydropyridines is 1. The number of aromatic nitrogens is 5. The van der Waals surface area contributed by atoms with E-state index in [0.717, 1.165) is 41.1 Å². The number of hydrogen-bond donors (Lipinski definition) is 1. The van der Waals surface area contributed by atoms with Crippen LogP contribution in [0.15, 0.2) is 79.1 Å². The maximum absolute atomic E-state index is 4.89. The minimum absolute atomic E-state index is 0.566. The van der Waals surface area contributed by atoms with Crippen molar-refractivity contribution in [3.8, 4) is 23.0 Å². The molecule has 1 N–H and O–H groups in total. The molecule has 0 fully saturated rings. The fourth-order valence-electron chi connectivity index (χ4n) is 5.13. The number of allylic oxidation sites excluding steroid dienone is 2. The Morgan fingerprint density at radius 1 is 0.595 bits per heavy atom. The summed E-state index contributed by atoms with van der Waals surface area (Å²) in [5.41, 5.74) is 7.23. The number of nitrogens with zero attached hydrogens (tertiary/aromatic N) is 5. The molecule has 0 saturated carbocycles. The van der Waals surface area contributed by atoms with Crippen molar-refractivity contribution in [1.29, 1.82) is 0 Å². The molecule has 3 aromatic heterocycles. The highest BCUT2D eigenvalue weighted by Gasteiger charge is 2.17. The fourth-order valence-corrected chi connectivity index (χ4v) is 5.13. The molecule has 1 aliphatic rings. The highest BCUT2D eigenvalue weighted by molar-refractivity contribution is 5.76. The fraction of sp³-hybridized carbons (Fsp3) is 0.361. The predicted octanol–water partition coefficient (Wildman–Crippen LogP) is 8.27. The van der Waals surface area contributed by atoms with Crippen LogP contribution in [0.1, 0.15) is 87.7 Å². The average Bonchev–Trinajstić information content (AvgIpc) is 3.06. The number of unbranched alkanes of at least 4 members (excludes halogenated alkanes) is 6. The van der Waals surface area contributed by atoms with E-state index in [0.29, 0.717) is 24.0 Å². The Kier molecular flexibility index (Phi) is 10.6. The van der Waals surface area contributed by atoms with Gasteiger partial charge in [0.25, 0.3) is 0 Å². The first-order valence-corrected chi connectivity index (χ1v) is 15.6. The number of benzene rings is 1. The average molecular weight is 559 g/mol. The van der Waals surface area contributed by atoms with E-state index in [-0.39, 0.29) is 0 Å². The second-order valence-electron chi connectivity index (χ2n) is 11.0. The Labute approximate surface area is 250 Å². The minimum Gasteiger partial charge on any atom is -0.380 e. The summed E-state index contributed by atoms with van der Waals surface area (Å²) in [4.78, 5) is 24.2. The van der Waals surface area contributed by atoms with Crippen LogP contribution in [0, 0.1) is 0 Å². The highest BCUT2D eigenvalue weighted by Crippen LogP contribution is 2.24. The van der Waals surface area contributed by atoms with Crippen LogP contribution in [0.25, 0.3) is 34.3 Å². The number of rotatable bonds is 14. The summed E-state index contributed by atoms with van der Waals surface area (Å²) in [6.07, 6.45) is 20.1. The van der Waals surface area contributed by atoms with Crippen LogP contribution < -0.4 is 5.32 Å². The Balaban J connectivity index is 1.43. The summed E-state index contributed by atoms with van der Waals surface area (Å²) < 4.78 is 0. The minimum atomic E-state index is 0.566. The van der Waals surface area contributed by atoms with Crippen LogP contribution in [-0.4, -0.2) is 31.5 Å². The molecule has 0 spiro atoms. The second kappa shape index (κ2) is 15.2. The number of nitrogens with one attached hydrogen (secondary N) is 1. The van der Waals surface area contributed by atoms with E-state index in [1.165, 1.54) is 62.5 Å². The van der Waals surface area contributed by atoms with E-state index in [2.05, 4.69) is 67.7 Å². The van der Waals surface area contributed by atoms with E-state index < -0.39 is 0 Å². The summed E-state index contributed by atoms with van der Waals surface area (Å²) in [5.74, 6) is 1.77. The van der Waals surface area contributed by atoms with Crippen molar-refractivity contribution in [2.24, 2.45) is 0 Å². The first-order chi connectivity index (χ1) is 20.7. The van der Waals surface area contributed by atoms with Gasteiger partial charge in [0, 0.05) is 30.2 Å². The van der Waals surface area contributed by atoms with Gasteiger partial charge in [-0.05, 0) is 60.6 Å². The monoisotopic (exact) mass is 558 g/mol. The summed E-state index contributed by atoms with van der Waals surface area (Å²) in [6, 6.07) is 18.7. The maximum Gasteiger partial charge on any atom is 0.182 e. The van der Waals surface area contributed by atoms with Crippen LogP contribution in [0.4, 0.5) is 0 Å². The van der Waals surface area contributed by atoms with Crippen LogP contribution in [0.2, 0.25) is 0 Å². The third-order valence-electron chi connectivity index (χ3n) is 7.67. The molecule has 0 unspecified atom stereocenters. The van der Waals surface area contributed by atoms with Crippen molar-refractivity contribution in [2.75, 3.05) is 6.54 Å². The highest BCUT2D eigenvalue weighted by atomic mass is 15.1. The van der Waals surface area contributed by atoms with Crippen LogP contribution in [0.3, 0.4) is 0 Å². The lowest BCUT2D eigenvalue weighted by Crippen LogP contribution is -2.19. The molecule has 0 saturated heterocycles. The molecule has 1 aliphatic heterocycles. The van der Waals surface area contributed by atoms with Crippen LogP contribution in [-0.2, 0) is 12.8 Å². The molecule has 216 valence electrons. The van der Waals surface area contributed by atoms with E-state index in [1.807, 2.05) is 30.6 Å². The number of pyridine rings is 2. The van der Waals surface area contributed by atoms with Gasteiger partial charge in [-0.15, -0.1) is 0 Å². The van der Waals surface area contributed by atoms with Crippen LogP contribution in [0.5, 0.6) is 0 Å². The molecular formula is C36H42N6. The number of aryl methyl sites for hydroxylation is 2. The van der Waals surface area contributed by atoms with Gasteiger partial charge in [0.15, 0.2) is 17.5 Å². The topological polar surface area (TPSA) is 76.5 Å². The van der Waals surface area contributed by atoms with Crippen molar-refractivity contribution < 1.29 is 0 Å². The Bertz CT molecular complexity index is 1400. The smallest absolute Gasteiger partial charge is 0.182 e. The van der Waals surface area contributed by atoms with Crippen molar-refractivity contribution in [2.45, 2.75) is 78.1 Å². The second-order valence-corrected chi connectivity index (χ2v) is 11.0. The summed E-state index contributed by atoms with van der Waals surface area (Å²) >= 11 is 0. The molecule has 0 radical (unpaired) electrons. The third kappa shape index (κ3) is 7.96. The molecule has 4 heterocycles. The summed E-state index contributed by atoms with van der Waals surface area (Å²) in [5, 5.41) is 3.54. The Morgan fingerprint density at radius 2 is 1.17 bits per heavy atom. The lowest BCUT2D eigenvalue weighted by atomic mass is 10.1. The summed E-state index contributed by atoms with van der Waals surface area (Å²) in [7, 11) is 0. The number of hydrogen-bond acceptors (Lipinski definition) is 6. The third-order valence-corrected chi connectivity index (χ3v) is 7.67.